The number of nitrogens with one attached hydrogen (secondary N) is 1. The van der Waals surface area contributed by atoms with Gasteiger partial charge in [0.2, 0.25) is 0 Å². The van der Waals surface area contributed by atoms with Gasteiger partial charge in [-0.3, -0.25) is 4.90 Å². The molecular weight excluding hydrogens is 178 g/mol. The number of H-pyrrole nitrogens is 1. The van der Waals surface area contributed by atoms with E-state index >= 15 is 0 Å². The Bertz CT molecular complexity index is 297. The van der Waals surface area contributed by atoms with Gasteiger partial charge in [0.15, 0.2) is 0 Å². The molecule has 4 heteroatoms. The number of hydrogen-bond donors (Lipinski definition) is 3. The van der Waals surface area contributed by atoms with Crippen molar-refractivity contribution in [3.8, 4) is 0 Å². The molecule has 78 valence electrons. The molecule has 0 aliphatic carbocycles. The van der Waals surface area contributed by atoms with Crippen LogP contribution in [0.5, 0.6) is 0 Å². The lowest BCUT2D eigenvalue weighted by atomic mass is 10.1. The monoisotopic (exact) mass is 195 g/mol. The molecule has 1 unspecified atom stereocenters. The summed E-state index contributed by atoms with van der Waals surface area (Å²) in [6.07, 6.45) is 3.68. The third-order valence-corrected chi connectivity index (χ3v) is 2.73. The number of piperidine rings is 1. The summed E-state index contributed by atoms with van der Waals surface area (Å²) >= 11 is 0. The van der Waals surface area contributed by atoms with Crippen LogP contribution in [0.1, 0.15) is 18.5 Å². The lowest BCUT2D eigenvalue weighted by Gasteiger charge is -2.29. The Morgan fingerprint density at radius 1 is 1.64 bits per heavy atom. The molecule has 2 rings (SSSR count). The van der Waals surface area contributed by atoms with E-state index in [1.807, 2.05) is 12.3 Å². The van der Waals surface area contributed by atoms with Crippen molar-refractivity contribution in [2.45, 2.75) is 25.5 Å². The Morgan fingerprint density at radius 2 is 2.50 bits per heavy atom. The summed E-state index contributed by atoms with van der Waals surface area (Å²) in [4.78, 5) is 5.35. The summed E-state index contributed by atoms with van der Waals surface area (Å²) in [6, 6.07) is 1.87. The molecule has 1 fully saturated rings. The molecular formula is C10H17N3O. The number of aliphatic hydroxyl groups is 1. The van der Waals surface area contributed by atoms with Crippen LogP contribution in [0.15, 0.2) is 12.3 Å². The zero-order valence-electron chi connectivity index (χ0n) is 8.24. The molecule has 0 bridgehead atoms. The van der Waals surface area contributed by atoms with Crippen LogP contribution in [0.3, 0.4) is 0 Å². The minimum Gasteiger partial charge on any atom is -0.397 e. The van der Waals surface area contributed by atoms with Gasteiger partial charge in [0.05, 0.1) is 17.5 Å². The Balaban J connectivity index is 1.94. The molecule has 0 radical (unpaired) electrons. The van der Waals surface area contributed by atoms with Crippen molar-refractivity contribution in [3.05, 3.63) is 18.0 Å². The molecule has 1 aromatic heterocycles. The molecule has 1 saturated heterocycles. The number of nitrogens with two attached hydrogens (primary N) is 1. The number of β-amino-alcohol motifs (C(OH)–C–C–N with tert-alkyl or cyclic N) is 1. The number of rotatable bonds is 2. The third-order valence-electron chi connectivity index (χ3n) is 2.73. The third kappa shape index (κ3) is 2.08. The van der Waals surface area contributed by atoms with Crippen LogP contribution in [-0.4, -0.2) is 34.2 Å². The number of aliphatic hydroxyl groups excluding tert-OH is 1. The van der Waals surface area contributed by atoms with Gasteiger partial charge in [-0.15, -0.1) is 0 Å². The molecule has 0 saturated carbocycles. The zero-order valence-corrected chi connectivity index (χ0v) is 8.24. The van der Waals surface area contributed by atoms with Gasteiger partial charge >= 0.3 is 0 Å². The standard InChI is InChI=1S/C10H17N3O/c11-9-3-4-12-10(9)7-13-5-1-2-8(14)6-13/h3-4,8,12,14H,1-2,5-7,11H2. The Hall–Kier alpha value is -1.00. The number of hydrogen-bond acceptors (Lipinski definition) is 3. The van der Waals surface area contributed by atoms with Crippen LogP contribution in [0, 0.1) is 0 Å². The first kappa shape index (κ1) is 9.55. The number of anilines is 1. The highest BCUT2D eigenvalue weighted by Gasteiger charge is 2.18. The Kier molecular flexibility index (Phi) is 2.74. The first-order valence-electron chi connectivity index (χ1n) is 5.08. The maximum atomic E-state index is 9.49. The van der Waals surface area contributed by atoms with E-state index < -0.39 is 0 Å². The van der Waals surface area contributed by atoms with Crippen molar-refractivity contribution in [2.24, 2.45) is 0 Å². The van der Waals surface area contributed by atoms with Gasteiger partial charge in [-0.05, 0) is 25.5 Å². The second kappa shape index (κ2) is 4.02. The second-order valence-corrected chi connectivity index (χ2v) is 3.94. The first-order chi connectivity index (χ1) is 6.75. The Labute approximate surface area is 83.7 Å². The summed E-state index contributed by atoms with van der Waals surface area (Å²) in [7, 11) is 0. The highest BCUT2D eigenvalue weighted by Crippen LogP contribution is 2.16. The molecule has 2 heterocycles. The fraction of sp³-hybridized carbons (Fsp3) is 0.600. The van der Waals surface area contributed by atoms with E-state index in [2.05, 4.69) is 9.88 Å². The van der Waals surface area contributed by atoms with Crippen LogP contribution in [-0.2, 0) is 6.54 Å². The second-order valence-electron chi connectivity index (χ2n) is 3.94. The van der Waals surface area contributed by atoms with Crippen molar-refractivity contribution in [1.29, 1.82) is 0 Å². The highest BCUT2D eigenvalue weighted by molar-refractivity contribution is 5.42. The van der Waals surface area contributed by atoms with Crippen LogP contribution < -0.4 is 5.73 Å². The number of nitrogens with zero attached hydrogens (tertiary/aromatic N) is 1. The quantitative estimate of drug-likeness (QED) is 0.646. The normalized spacial score (nSPS) is 23.9. The van der Waals surface area contributed by atoms with Crippen LogP contribution >= 0.6 is 0 Å². The summed E-state index contributed by atoms with van der Waals surface area (Å²) in [5.41, 5.74) is 7.64. The minimum atomic E-state index is -0.167. The highest BCUT2D eigenvalue weighted by atomic mass is 16.3. The molecule has 0 aromatic carbocycles. The maximum Gasteiger partial charge on any atom is 0.0667 e. The smallest absolute Gasteiger partial charge is 0.0667 e. The summed E-state index contributed by atoms with van der Waals surface area (Å²) < 4.78 is 0. The van der Waals surface area contributed by atoms with Gasteiger partial charge in [-0.1, -0.05) is 0 Å². The van der Waals surface area contributed by atoms with E-state index in [4.69, 9.17) is 5.73 Å². The van der Waals surface area contributed by atoms with Gasteiger partial charge in [-0.2, -0.15) is 0 Å². The maximum absolute atomic E-state index is 9.49. The van der Waals surface area contributed by atoms with Gasteiger partial charge in [0, 0.05) is 19.3 Å². The van der Waals surface area contributed by atoms with Crippen LogP contribution in [0.4, 0.5) is 5.69 Å². The molecule has 1 aromatic rings. The molecule has 0 spiro atoms. The van der Waals surface area contributed by atoms with E-state index in [-0.39, 0.29) is 6.10 Å². The fourth-order valence-corrected chi connectivity index (χ4v) is 1.95. The number of aromatic nitrogens is 1. The topological polar surface area (TPSA) is 65.3 Å². The first-order valence-corrected chi connectivity index (χ1v) is 5.08. The molecule has 0 amide bonds. The number of likely N-dealkylation sites (tertiary alicyclic amines) is 1. The van der Waals surface area contributed by atoms with Gasteiger partial charge < -0.3 is 15.8 Å². The van der Waals surface area contributed by atoms with Crippen LogP contribution in [0.25, 0.3) is 0 Å². The number of aromatic amines is 1. The van der Waals surface area contributed by atoms with E-state index in [9.17, 15) is 5.11 Å². The molecule has 14 heavy (non-hydrogen) atoms. The van der Waals surface area contributed by atoms with Gasteiger partial charge in [-0.25, -0.2) is 0 Å². The van der Waals surface area contributed by atoms with Crippen molar-refractivity contribution in [2.75, 3.05) is 18.8 Å². The van der Waals surface area contributed by atoms with Crippen LogP contribution in [0.2, 0.25) is 0 Å². The lowest BCUT2D eigenvalue weighted by Crippen LogP contribution is -2.37. The number of nitrogen functional groups attached to an aromatic ring is 1. The minimum absolute atomic E-state index is 0.167. The van der Waals surface area contributed by atoms with Crippen molar-refractivity contribution < 1.29 is 5.11 Å². The summed E-state index contributed by atoms with van der Waals surface area (Å²) in [5.74, 6) is 0. The summed E-state index contributed by atoms with van der Waals surface area (Å²) in [5, 5.41) is 9.49. The molecule has 1 aliphatic heterocycles. The Morgan fingerprint density at radius 3 is 3.14 bits per heavy atom. The van der Waals surface area contributed by atoms with E-state index in [0.717, 1.165) is 43.9 Å². The molecule has 1 atom stereocenters. The van der Waals surface area contributed by atoms with Gasteiger partial charge in [0.1, 0.15) is 0 Å². The van der Waals surface area contributed by atoms with E-state index in [1.54, 1.807) is 0 Å². The molecule has 4 N–H and O–H groups in total. The van der Waals surface area contributed by atoms with E-state index in [1.165, 1.54) is 0 Å². The van der Waals surface area contributed by atoms with Crippen molar-refractivity contribution in [1.82, 2.24) is 9.88 Å². The SMILES string of the molecule is Nc1cc[nH]c1CN1CCCC(O)C1. The summed E-state index contributed by atoms with van der Waals surface area (Å²) in [6.45, 7) is 2.63. The lowest BCUT2D eigenvalue weighted by molar-refractivity contribution is 0.0664. The zero-order chi connectivity index (χ0) is 9.97. The molecule has 1 aliphatic rings. The molecule has 4 nitrogen and oxygen atoms in total. The average Bonchev–Trinajstić information content (AvgIpc) is 2.52. The van der Waals surface area contributed by atoms with Crippen molar-refractivity contribution >= 4 is 5.69 Å². The average molecular weight is 195 g/mol. The predicted molar refractivity (Wildman–Crippen MR) is 55.7 cm³/mol. The van der Waals surface area contributed by atoms with E-state index in [0.29, 0.717) is 0 Å². The van der Waals surface area contributed by atoms with Crippen molar-refractivity contribution in [3.63, 3.8) is 0 Å². The van der Waals surface area contributed by atoms with Gasteiger partial charge in [0.25, 0.3) is 0 Å². The predicted octanol–water partition coefficient (Wildman–Crippen LogP) is 0.554. The largest absolute Gasteiger partial charge is 0.397 e. The fourth-order valence-electron chi connectivity index (χ4n) is 1.95.